The van der Waals surface area contributed by atoms with Crippen molar-refractivity contribution < 1.29 is 10.2 Å². The van der Waals surface area contributed by atoms with Crippen LogP contribution in [-0.2, 0) is 6.42 Å². The topological polar surface area (TPSA) is 96.1 Å². The van der Waals surface area contributed by atoms with Crippen molar-refractivity contribution in [2.24, 2.45) is 11.8 Å². The molecule has 2 aromatic heterocycles. The van der Waals surface area contributed by atoms with E-state index in [9.17, 15) is 10.2 Å². The minimum Gasteiger partial charge on any atom is -0.390 e. The second kappa shape index (κ2) is 8.56. The first kappa shape index (κ1) is 20.8. The summed E-state index contributed by atoms with van der Waals surface area (Å²) in [6, 6.07) is 19.7. The maximum atomic E-state index is 10.7. The first-order valence-electron chi connectivity index (χ1n) is 11.6. The van der Waals surface area contributed by atoms with E-state index in [2.05, 4.69) is 39.3 Å². The molecule has 5 unspecified atom stereocenters. The molecule has 3 N–H and O–H groups in total. The monoisotopic (exact) mass is 451 g/mol. The molecule has 7 heteroatoms. The van der Waals surface area contributed by atoms with Gasteiger partial charge in [0.25, 0.3) is 0 Å². The molecule has 6 rings (SSSR count). The summed E-state index contributed by atoms with van der Waals surface area (Å²) in [5.74, 6) is 7.62. The average Bonchev–Trinajstić information content (AvgIpc) is 3.48. The first-order valence-corrected chi connectivity index (χ1v) is 11.6. The van der Waals surface area contributed by atoms with Crippen LogP contribution in [0, 0.1) is 23.7 Å². The third kappa shape index (κ3) is 3.81. The Labute approximate surface area is 197 Å². The number of aromatic nitrogens is 4. The fraction of sp³-hybridized carbons (Fsp3) is 0.296. The number of anilines is 1. The van der Waals surface area contributed by atoms with Gasteiger partial charge in [0.1, 0.15) is 6.10 Å². The zero-order valence-electron chi connectivity index (χ0n) is 18.5. The van der Waals surface area contributed by atoms with Gasteiger partial charge >= 0.3 is 0 Å². The van der Waals surface area contributed by atoms with Gasteiger partial charge in [0.15, 0.2) is 17.0 Å². The number of rotatable bonds is 5. The van der Waals surface area contributed by atoms with Crippen LogP contribution < -0.4 is 5.32 Å². The van der Waals surface area contributed by atoms with E-state index in [-0.39, 0.29) is 17.9 Å². The van der Waals surface area contributed by atoms with E-state index < -0.39 is 12.2 Å². The van der Waals surface area contributed by atoms with Gasteiger partial charge in [-0.25, -0.2) is 15.0 Å². The molecule has 170 valence electrons. The van der Waals surface area contributed by atoms with Gasteiger partial charge in [-0.1, -0.05) is 54.5 Å². The summed E-state index contributed by atoms with van der Waals surface area (Å²) in [6.07, 6.45) is 1.93. The highest BCUT2D eigenvalue weighted by atomic mass is 16.3. The van der Waals surface area contributed by atoms with Crippen molar-refractivity contribution in [2.75, 3.05) is 11.9 Å². The summed E-state index contributed by atoms with van der Waals surface area (Å²) < 4.78 is 1.90. The molecule has 2 saturated carbocycles. The standard InChI is InChI=1S/C27H25N5O2/c33-24-20-15-19(20)23(25(24)34)32-16-29-22-26(28-14-13-18-9-5-2-6-10-18)30-21(31-27(22)32)12-11-17-7-3-1-4-8-17/h1-10,16,19-20,23-25,33-34H,13-15H2,(H,28,30,31). The molecule has 7 nitrogen and oxygen atoms in total. The van der Waals surface area contributed by atoms with Gasteiger partial charge in [0.05, 0.1) is 18.5 Å². The summed E-state index contributed by atoms with van der Waals surface area (Å²) in [6.45, 7) is 0.685. The first-order chi connectivity index (χ1) is 16.7. The van der Waals surface area contributed by atoms with Crippen LogP contribution in [0.15, 0.2) is 67.0 Å². The summed E-state index contributed by atoms with van der Waals surface area (Å²) in [7, 11) is 0. The lowest BCUT2D eigenvalue weighted by Crippen LogP contribution is -2.31. The minimum atomic E-state index is -0.829. The maximum absolute atomic E-state index is 10.7. The van der Waals surface area contributed by atoms with Crippen LogP contribution in [0.1, 0.15) is 29.4 Å². The van der Waals surface area contributed by atoms with Crippen LogP contribution in [0.5, 0.6) is 0 Å². The molecule has 0 radical (unpaired) electrons. The second-order valence-corrected chi connectivity index (χ2v) is 9.03. The molecule has 0 spiro atoms. The summed E-state index contributed by atoms with van der Waals surface area (Å²) >= 11 is 0. The van der Waals surface area contributed by atoms with Gasteiger partial charge in [-0.15, -0.1) is 0 Å². The predicted octanol–water partition coefficient (Wildman–Crippen LogP) is 2.79. The van der Waals surface area contributed by atoms with Gasteiger partial charge < -0.3 is 20.1 Å². The van der Waals surface area contributed by atoms with E-state index in [0.717, 1.165) is 18.4 Å². The third-order valence-electron chi connectivity index (χ3n) is 6.85. The Morgan fingerprint density at radius 2 is 1.68 bits per heavy atom. The van der Waals surface area contributed by atoms with Crippen LogP contribution in [0.3, 0.4) is 0 Å². The molecule has 0 amide bonds. The van der Waals surface area contributed by atoms with Gasteiger partial charge in [0, 0.05) is 12.1 Å². The molecule has 0 bridgehead atoms. The van der Waals surface area contributed by atoms with Crippen LogP contribution in [0.25, 0.3) is 11.2 Å². The number of aliphatic hydroxyl groups is 2. The number of nitrogens with zero attached hydrogens (tertiary/aromatic N) is 4. The van der Waals surface area contributed by atoms with Gasteiger partial charge in [0.2, 0.25) is 5.82 Å². The Hall–Kier alpha value is -3.73. The fourth-order valence-electron chi connectivity index (χ4n) is 5.03. The molecule has 2 aliphatic rings. The lowest BCUT2D eigenvalue weighted by atomic mass is 10.1. The highest BCUT2D eigenvalue weighted by Crippen LogP contribution is 2.57. The molecule has 4 aromatic rings. The van der Waals surface area contributed by atoms with Crippen molar-refractivity contribution in [2.45, 2.75) is 31.1 Å². The van der Waals surface area contributed by atoms with Crippen molar-refractivity contribution in [1.29, 1.82) is 0 Å². The average molecular weight is 452 g/mol. The summed E-state index contributed by atoms with van der Waals surface area (Å²) in [5.41, 5.74) is 3.38. The highest BCUT2D eigenvalue weighted by molar-refractivity contribution is 5.83. The fourth-order valence-corrected chi connectivity index (χ4v) is 5.03. The van der Waals surface area contributed by atoms with Crippen LogP contribution in [0.2, 0.25) is 0 Å². The number of fused-ring (bicyclic) bond motifs is 2. The number of aliphatic hydroxyl groups excluding tert-OH is 2. The Morgan fingerprint density at radius 1 is 0.912 bits per heavy atom. The number of benzene rings is 2. The molecule has 5 atom stereocenters. The largest absolute Gasteiger partial charge is 0.390 e. The van der Waals surface area contributed by atoms with E-state index in [0.29, 0.717) is 29.4 Å². The van der Waals surface area contributed by atoms with Gasteiger partial charge in [-0.05, 0) is 48.3 Å². The number of nitrogens with one attached hydrogen (secondary N) is 1. The van der Waals surface area contributed by atoms with E-state index >= 15 is 0 Å². The molecule has 2 aromatic carbocycles. The van der Waals surface area contributed by atoms with Crippen molar-refractivity contribution >= 4 is 17.0 Å². The van der Waals surface area contributed by atoms with E-state index in [4.69, 9.17) is 4.98 Å². The van der Waals surface area contributed by atoms with Crippen LogP contribution in [0.4, 0.5) is 5.82 Å². The Kier molecular flexibility index (Phi) is 5.25. The second-order valence-electron chi connectivity index (χ2n) is 9.03. The Balaban J connectivity index is 1.36. The summed E-state index contributed by atoms with van der Waals surface area (Å²) in [4.78, 5) is 14.0. The predicted molar refractivity (Wildman–Crippen MR) is 129 cm³/mol. The van der Waals surface area contributed by atoms with Gasteiger partial charge in [-0.3, -0.25) is 0 Å². The number of hydrogen-bond acceptors (Lipinski definition) is 6. The van der Waals surface area contributed by atoms with Gasteiger partial charge in [-0.2, -0.15) is 0 Å². The molecular weight excluding hydrogens is 426 g/mol. The normalized spacial score (nSPS) is 24.9. The lowest BCUT2D eigenvalue weighted by molar-refractivity contribution is 0.00386. The van der Waals surface area contributed by atoms with E-state index in [1.807, 2.05) is 53.1 Å². The Morgan fingerprint density at radius 3 is 2.41 bits per heavy atom. The van der Waals surface area contributed by atoms with Crippen molar-refractivity contribution in [3.05, 3.63) is 83.9 Å². The third-order valence-corrected chi connectivity index (χ3v) is 6.85. The number of imidazole rings is 1. The highest BCUT2D eigenvalue weighted by Gasteiger charge is 2.60. The van der Waals surface area contributed by atoms with E-state index in [1.165, 1.54) is 5.56 Å². The molecule has 2 heterocycles. The van der Waals surface area contributed by atoms with E-state index in [1.54, 1.807) is 6.33 Å². The molecular formula is C27H25N5O2. The molecule has 0 aliphatic heterocycles. The quantitative estimate of drug-likeness (QED) is 0.404. The smallest absolute Gasteiger partial charge is 0.209 e. The number of hydrogen-bond donors (Lipinski definition) is 3. The van der Waals surface area contributed by atoms with Crippen LogP contribution >= 0.6 is 0 Å². The zero-order valence-corrected chi connectivity index (χ0v) is 18.5. The Bertz CT molecular complexity index is 1380. The molecule has 34 heavy (non-hydrogen) atoms. The van der Waals surface area contributed by atoms with Crippen LogP contribution in [-0.4, -0.2) is 48.5 Å². The zero-order chi connectivity index (χ0) is 23.1. The molecule has 2 fully saturated rings. The van der Waals surface area contributed by atoms with Crippen molar-refractivity contribution in [1.82, 2.24) is 19.5 Å². The minimum absolute atomic E-state index is 0.153. The van der Waals surface area contributed by atoms with Crippen molar-refractivity contribution in [3.63, 3.8) is 0 Å². The van der Waals surface area contributed by atoms with Crippen molar-refractivity contribution in [3.8, 4) is 11.8 Å². The molecule has 2 aliphatic carbocycles. The summed E-state index contributed by atoms with van der Waals surface area (Å²) in [5, 5.41) is 24.4. The molecule has 0 saturated heterocycles. The SMILES string of the molecule is OC1C(O)C(n2cnc3c(NCCc4ccccc4)nc(C#Cc4ccccc4)nc32)C2CC12. The maximum Gasteiger partial charge on any atom is 0.209 e. The lowest BCUT2D eigenvalue weighted by Gasteiger charge is -2.22.